The van der Waals surface area contributed by atoms with Gasteiger partial charge in [0, 0.05) is 51.5 Å². The molecule has 0 unspecified atom stereocenters. The third-order valence-corrected chi connectivity index (χ3v) is 7.56. The molecule has 0 fully saturated rings. The third-order valence-electron chi connectivity index (χ3n) is 5.29. The highest BCUT2D eigenvalue weighted by molar-refractivity contribution is 7.26. The van der Waals surface area contributed by atoms with Crippen LogP contribution in [0.3, 0.4) is 0 Å². The van der Waals surface area contributed by atoms with Crippen LogP contribution in [0, 0.1) is 0 Å². The molecule has 0 amide bonds. The molecule has 0 saturated heterocycles. The molecule has 4 aromatic carbocycles. The van der Waals surface area contributed by atoms with Gasteiger partial charge in [0.25, 0.3) is 0 Å². The molecule has 2 heterocycles. The van der Waals surface area contributed by atoms with E-state index in [-0.39, 0.29) is 11.5 Å². The van der Waals surface area contributed by atoms with Gasteiger partial charge >= 0.3 is 0 Å². The molecule has 6 rings (SSSR count). The average Bonchev–Trinajstić information content (AvgIpc) is 3.27. The summed E-state index contributed by atoms with van der Waals surface area (Å²) >= 11 is 3.41. The van der Waals surface area contributed by atoms with Crippen molar-refractivity contribution in [3.05, 3.63) is 72.8 Å². The van der Waals surface area contributed by atoms with Gasteiger partial charge in [0.15, 0.2) is 0 Å². The van der Waals surface area contributed by atoms with E-state index in [9.17, 15) is 10.2 Å². The lowest BCUT2D eigenvalue weighted by Gasteiger charge is -2.12. The number of fused-ring (bicyclic) bond motifs is 6. The van der Waals surface area contributed by atoms with Crippen LogP contribution in [0.5, 0.6) is 11.5 Å². The van der Waals surface area contributed by atoms with Crippen molar-refractivity contribution < 1.29 is 10.2 Å². The first-order chi connectivity index (χ1) is 13.7. The van der Waals surface area contributed by atoms with E-state index < -0.39 is 0 Å². The van der Waals surface area contributed by atoms with Crippen LogP contribution in [0.15, 0.2) is 72.8 Å². The molecule has 6 aromatic rings. The summed E-state index contributed by atoms with van der Waals surface area (Å²) in [5.41, 5.74) is 1.42. The molecule has 0 saturated carbocycles. The smallest absolute Gasteiger partial charge is 0.124 e. The minimum Gasteiger partial charge on any atom is -0.507 e. The number of hydrogen-bond acceptors (Lipinski definition) is 4. The van der Waals surface area contributed by atoms with E-state index >= 15 is 0 Å². The topological polar surface area (TPSA) is 40.5 Å². The van der Waals surface area contributed by atoms with Crippen molar-refractivity contribution in [2.45, 2.75) is 0 Å². The number of hydrogen-bond donors (Lipinski definition) is 2. The van der Waals surface area contributed by atoms with E-state index in [0.29, 0.717) is 11.1 Å². The molecule has 2 nitrogen and oxygen atoms in total. The van der Waals surface area contributed by atoms with Crippen LogP contribution in [0.1, 0.15) is 0 Å². The second-order valence-corrected chi connectivity index (χ2v) is 9.03. The van der Waals surface area contributed by atoms with E-state index in [1.54, 1.807) is 34.8 Å². The van der Waals surface area contributed by atoms with Gasteiger partial charge in [0.1, 0.15) is 11.5 Å². The Morgan fingerprint density at radius 1 is 0.464 bits per heavy atom. The quantitative estimate of drug-likeness (QED) is 0.301. The molecule has 0 atom stereocenters. The lowest BCUT2D eigenvalue weighted by atomic mass is 9.94. The van der Waals surface area contributed by atoms with Crippen molar-refractivity contribution in [3.8, 4) is 22.6 Å². The molecule has 2 N–H and O–H groups in total. The van der Waals surface area contributed by atoms with Crippen molar-refractivity contribution in [2.75, 3.05) is 0 Å². The van der Waals surface area contributed by atoms with E-state index in [4.69, 9.17) is 0 Å². The highest BCUT2D eigenvalue weighted by Gasteiger charge is 2.21. The molecule has 2 aromatic heterocycles. The SMILES string of the molecule is Oc1ccc2sc3ccccc3c2c1-c1c(O)ccc2sc3ccccc3c12. The normalized spacial score (nSPS) is 11.9. The molecule has 0 aliphatic carbocycles. The standard InChI is InChI=1S/C24H14O2S2/c25-15-9-11-19-21(13-5-1-3-7-17(13)27-19)23(15)24-16(26)10-12-20-22(24)14-6-2-4-8-18(14)28-20/h1-12,25-26H. The fourth-order valence-electron chi connectivity index (χ4n) is 4.12. The van der Waals surface area contributed by atoms with Crippen LogP contribution in [-0.4, -0.2) is 10.2 Å². The van der Waals surface area contributed by atoms with Gasteiger partial charge in [-0.3, -0.25) is 0 Å². The van der Waals surface area contributed by atoms with E-state index in [0.717, 1.165) is 30.9 Å². The molecular weight excluding hydrogens is 384 g/mol. The molecule has 0 bridgehead atoms. The Hall–Kier alpha value is -3.08. The van der Waals surface area contributed by atoms with Crippen molar-refractivity contribution in [1.29, 1.82) is 0 Å². The maximum Gasteiger partial charge on any atom is 0.124 e. The molecule has 0 spiro atoms. The van der Waals surface area contributed by atoms with Gasteiger partial charge in [-0.1, -0.05) is 36.4 Å². The van der Waals surface area contributed by atoms with Crippen LogP contribution in [-0.2, 0) is 0 Å². The highest BCUT2D eigenvalue weighted by atomic mass is 32.1. The van der Waals surface area contributed by atoms with Gasteiger partial charge in [0.2, 0.25) is 0 Å². The molecule has 0 aliphatic rings. The van der Waals surface area contributed by atoms with Gasteiger partial charge in [0.05, 0.1) is 0 Å². The first-order valence-electron chi connectivity index (χ1n) is 8.99. The number of phenols is 2. The Morgan fingerprint density at radius 3 is 1.36 bits per heavy atom. The van der Waals surface area contributed by atoms with E-state index in [1.807, 2.05) is 36.4 Å². The van der Waals surface area contributed by atoms with Crippen LogP contribution in [0.2, 0.25) is 0 Å². The summed E-state index contributed by atoms with van der Waals surface area (Å²) in [6.45, 7) is 0. The minimum absolute atomic E-state index is 0.189. The summed E-state index contributed by atoms with van der Waals surface area (Å²) in [5.74, 6) is 0.378. The molecular formula is C24H14O2S2. The Kier molecular flexibility index (Phi) is 3.25. The molecule has 0 radical (unpaired) electrons. The largest absolute Gasteiger partial charge is 0.507 e. The van der Waals surface area contributed by atoms with Crippen molar-refractivity contribution in [2.24, 2.45) is 0 Å². The Morgan fingerprint density at radius 2 is 0.893 bits per heavy atom. The highest BCUT2D eigenvalue weighted by Crippen LogP contribution is 2.51. The lowest BCUT2D eigenvalue weighted by Crippen LogP contribution is -1.84. The van der Waals surface area contributed by atoms with E-state index in [2.05, 4.69) is 24.3 Å². The summed E-state index contributed by atoms with van der Waals surface area (Å²) in [6, 6.07) is 23.8. The van der Waals surface area contributed by atoms with Crippen molar-refractivity contribution >= 4 is 63.0 Å². The Balaban J connectivity index is 1.88. The summed E-state index contributed by atoms with van der Waals surface area (Å²) in [6.07, 6.45) is 0. The van der Waals surface area contributed by atoms with Gasteiger partial charge in [-0.2, -0.15) is 0 Å². The van der Waals surface area contributed by atoms with Gasteiger partial charge in [-0.05, 0) is 36.4 Å². The zero-order valence-corrected chi connectivity index (χ0v) is 16.3. The number of aromatic hydroxyl groups is 2. The first kappa shape index (κ1) is 15.9. The predicted octanol–water partition coefficient (Wildman–Crippen LogP) is 7.50. The van der Waals surface area contributed by atoms with Gasteiger partial charge < -0.3 is 10.2 Å². The van der Waals surface area contributed by atoms with Crippen molar-refractivity contribution in [3.63, 3.8) is 0 Å². The maximum atomic E-state index is 10.9. The van der Waals surface area contributed by atoms with Gasteiger partial charge in [-0.25, -0.2) is 0 Å². The zero-order chi connectivity index (χ0) is 18.8. The molecule has 4 heteroatoms. The van der Waals surface area contributed by atoms with E-state index in [1.165, 1.54) is 9.40 Å². The maximum absolute atomic E-state index is 10.9. The van der Waals surface area contributed by atoms with Crippen LogP contribution in [0.4, 0.5) is 0 Å². The lowest BCUT2D eigenvalue weighted by molar-refractivity contribution is 0.470. The summed E-state index contributed by atoms with van der Waals surface area (Å²) in [4.78, 5) is 0. The zero-order valence-electron chi connectivity index (χ0n) is 14.6. The number of rotatable bonds is 1. The number of thiophene rings is 2. The number of phenolic OH excluding ortho intramolecular Hbond substituents is 2. The van der Waals surface area contributed by atoms with Crippen LogP contribution >= 0.6 is 22.7 Å². The Bertz CT molecular complexity index is 1420. The monoisotopic (exact) mass is 398 g/mol. The molecule has 134 valence electrons. The fourth-order valence-corrected chi connectivity index (χ4v) is 6.34. The second-order valence-electron chi connectivity index (χ2n) is 6.86. The van der Waals surface area contributed by atoms with Crippen LogP contribution < -0.4 is 0 Å². The van der Waals surface area contributed by atoms with Gasteiger partial charge in [-0.15, -0.1) is 22.7 Å². The minimum atomic E-state index is 0.189. The number of benzene rings is 4. The molecule has 0 aliphatic heterocycles. The average molecular weight is 399 g/mol. The van der Waals surface area contributed by atoms with Crippen LogP contribution in [0.25, 0.3) is 51.5 Å². The molecule has 28 heavy (non-hydrogen) atoms. The second kappa shape index (κ2) is 5.71. The summed E-state index contributed by atoms with van der Waals surface area (Å²) in [7, 11) is 0. The van der Waals surface area contributed by atoms with Crippen molar-refractivity contribution in [1.82, 2.24) is 0 Å². The Labute approximate surface area is 168 Å². The summed E-state index contributed by atoms with van der Waals surface area (Å²) < 4.78 is 4.55. The first-order valence-corrected chi connectivity index (χ1v) is 10.6. The third kappa shape index (κ3) is 2.07. The fraction of sp³-hybridized carbons (Fsp3) is 0. The predicted molar refractivity (Wildman–Crippen MR) is 121 cm³/mol. The summed E-state index contributed by atoms with van der Waals surface area (Å²) in [5, 5.41) is 26.1.